The Morgan fingerprint density at radius 3 is 2.33 bits per heavy atom. The van der Waals surface area contributed by atoms with Crippen molar-refractivity contribution in [1.29, 1.82) is 0 Å². The topological polar surface area (TPSA) is 20.2 Å². The molecule has 72 valence electrons. The van der Waals surface area contributed by atoms with Gasteiger partial charge in [0.25, 0.3) is 0 Å². The van der Waals surface area contributed by atoms with Gasteiger partial charge in [0.05, 0.1) is 10.4 Å². The summed E-state index contributed by atoms with van der Waals surface area (Å²) in [6.07, 6.45) is 4.02. The monoisotopic (exact) mass is 230 g/mol. The van der Waals surface area contributed by atoms with Crippen LogP contribution in [-0.2, 0) is 0 Å². The average Bonchev–Trinajstić information content (AvgIpc) is 2.03. The minimum atomic E-state index is -0.395. The van der Waals surface area contributed by atoms with Crippen LogP contribution in [0.25, 0.3) is 0 Å². The van der Waals surface area contributed by atoms with Crippen LogP contribution in [0.5, 0.6) is 0 Å². The molecule has 1 unspecified atom stereocenters. The van der Waals surface area contributed by atoms with Crippen LogP contribution in [0.1, 0.15) is 32.6 Å². The Morgan fingerprint density at radius 2 is 1.92 bits per heavy atom. The molecule has 0 bridgehead atoms. The van der Waals surface area contributed by atoms with Crippen molar-refractivity contribution >= 4 is 34.8 Å². The lowest BCUT2D eigenvalue weighted by molar-refractivity contribution is 0.446. The quantitative estimate of drug-likeness (QED) is 0.423. The SMILES string of the molecule is CCCCCC(Cl)/C(Cl)=C(/O)Cl. The van der Waals surface area contributed by atoms with E-state index < -0.39 is 5.22 Å². The summed E-state index contributed by atoms with van der Waals surface area (Å²) in [6.45, 7) is 2.11. The number of halogens is 3. The molecule has 0 aliphatic rings. The van der Waals surface area contributed by atoms with E-state index in [0.29, 0.717) is 0 Å². The molecule has 0 aromatic heterocycles. The maximum atomic E-state index is 8.78. The van der Waals surface area contributed by atoms with Gasteiger partial charge in [-0.15, -0.1) is 11.6 Å². The van der Waals surface area contributed by atoms with Crippen molar-refractivity contribution in [2.24, 2.45) is 0 Å². The molecule has 0 amide bonds. The van der Waals surface area contributed by atoms with E-state index in [1.54, 1.807) is 0 Å². The van der Waals surface area contributed by atoms with Crippen LogP contribution >= 0.6 is 34.8 Å². The minimum absolute atomic E-state index is 0.148. The Morgan fingerprint density at radius 1 is 1.33 bits per heavy atom. The van der Waals surface area contributed by atoms with Crippen molar-refractivity contribution in [2.75, 3.05) is 0 Å². The third-order valence-corrected chi connectivity index (χ3v) is 2.82. The summed E-state index contributed by atoms with van der Waals surface area (Å²) < 4.78 is 0. The van der Waals surface area contributed by atoms with E-state index in [-0.39, 0.29) is 10.4 Å². The van der Waals surface area contributed by atoms with Gasteiger partial charge in [-0.05, 0) is 18.0 Å². The smallest absolute Gasteiger partial charge is 0.200 e. The highest BCUT2D eigenvalue weighted by Crippen LogP contribution is 2.24. The normalized spacial score (nSPS) is 15.7. The van der Waals surface area contributed by atoms with Gasteiger partial charge in [-0.25, -0.2) is 0 Å². The third kappa shape index (κ3) is 5.13. The first-order valence-corrected chi connectivity index (χ1v) is 5.17. The summed E-state index contributed by atoms with van der Waals surface area (Å²) in [4.78, 5) is 0. The molecular formula is C8H13Cl3O. The Hall–Kier alpha value is 0.410. The van der Waals surface area contributed by atoms with E-state index in [2.05, 4.69) is 6.92 Å². The fourth-order valence-corrected chi connectivity index (χ4v) is 1.38. The molecule has 12 heavy (non-hydrogen) atoms. The van der Waals surface area contributed by atoms with E-state index in [4.69, 9.17) is 39.9 Å². The Kier molecular flexibility index (Phi) is 7.11. The van der Waals surface area contributed by atoms with Crippen LogP contribution < -0.4 is 0 Å². The number of alkyl halides is 1. The summed E-state index contributed by atoms with van der Waals surface area (Å²) in [5.41, 5.74) is 0. The van der Waals surface area contributed by atoms with Crippen molar-refractivity contribution in [3.63, 3.8) is 0 Å². The molecule has 0 aliphatic heterocycles. The van der Waals surface area contributed by atoms with Crippen LogP contribution in [0.3, 0.4) is 0 Å². The van der Waals surface area contributed by atoms with Crippen LogP contribution in [0.2, 0.25) is 0 Å². The van der Waals surface area contributed by atoms with E-state index in [9.17, 15) is 0 Å². The first-order chi connectivity index (χ1) is 5.59. The number of hydrogen-bond acceptors (Lipinski definition) is 1. The molecule has 0 rings (SSSR count). The summed E-state index contributed by atoms with van der Waals surface area (Å²) in [6, 6.07) is 0. The van der Waals surface area contributed by atoms with Gasteiger partial charge in [0.1, 0.15) is 0 Å². The second-order valence-electron chi connectivity index (χ2n) is 2.60. The van der Waals surface area contributed by atoms with E-state index in [0.717, 1.165) is 25.7 Å². The molecule has 0 spiro atoms. The van der Waals surface area contributed by atoms with Crippen LogP contribution in [0.4, 0.5) is 0 Å². The van der Waals surface area contributed by atoms with Crippen LogP contribution in [-0.4, -0.2) is 10.5 Å². The fourth-order valence-electron chi connectivity index (χ4n) is 0.830. The zero-order chi connectivity index (χ0) is 9.56. The van der Waals surface area contributed by atoms with Crippen LogP contribution in [0.15, 0.2) is 10.3 Å². The maximum Gasteiger partial charge on any atom is 0.200 e. The van der Waals surface area contributed by atoms with Gasteiger partial charge in [-0.1, -0.05) is 37.8 Å². The lowest BCUT2D eigenvalue weighted by Gasteiger charge is -2.06. The Labute approximate surface area is 88.3 Å². The molecule has 0 radical (unpaired) electrons. The first kappa shape index (κ1) is 12.4. The number of aliphatic hydroxyl groups is 1. The number of aliphatic hydroxyl groups excluding tert-OH is 1. The largest absolute Gasteiger partial charge is 0.498 e. The van der Waals surface area contributed by atoms with Crippen molar-refractivity contribution in [1.82, 2.24) is 0 Å². The Balaban J connectivity index is 3.72. The van der Waals surface area contributed by atoms with E-state index in [1.165, 1.54) is 0 Å². The highest BCUT2D eigenvalue weighted by Gasteiger charge is 2.12. The molecule has 0 fully saturated rings. The molecule has 0 saturated heterocycles. The van der Waals surface area contributed by atoms with E-state index >= 15 is 0 Å². The minimum Gasteiger partial charge on any atom is -0.498 e. The molecule has 0 saturated carbocycles. The average molecular weight is 232 g/mol. The maximum absolute atomic E-state index is 8.78. The lowest BCUT2D eigenvalue weighted by atomic mass is 10.1. The summed E-state index contributed by atoms with van der Waals surface area (Å²) in [7, 11) is 0. The van der Waals surface area contributed by atoms with Gasteiger partial charge >= 0.3 is 0 Å². The number of hydrogen-bond donors (Lipinski definition) is 1. The number of unbranched alkanes of at least 4 members (excludes halogenated alkanes) is 2. The highest BCUT2D eigenvalue weighted by molar-refractivity contribution is 6.42. The predicted molar refractivity (Wildman–Crippen MR) is 55.1 cm³/mol. The van der Waals surface area contributed by atoms with Crippen LogP contribution in [0, 0.1) is 0 Å². The summed E-state index contributed by atoms with van der Waals surface area (Å²) >= 11 is 16.7. The van der Waals surface area contributed by atoms with Gasteiger partial charge in [0.2, 0.25) is 5.22 Å². The van der Waals surface area contributed by atoms with Crippen molar-refractivity contribution in [2.45, 2.75) is 38.0 Å². The first-order valence-electron chi connectivity index (χ1n) is 3.97. The van der Waals surface area contributed by atoms with Crippen molar-refractivity contribution < 1.29 is 5.11 Å². The van der Waals surface area contributed by atoms with Gasteiger partial charge in [0.15, 0.2) is 0 Å². The van der Waals surface area contributed by atoms with Gasteiger partial charge in [-0.2, -0.15) is 0 Å². The fraction of sp³-hybridized carbons (Fsp3) is 0.750. The summed E-state index contributed by atoms with van der Waals surface area (Å²) in [5, 5.41) is 8.18. The molecule has 1 nitrogen and oxygen atoms in total. The van der Waals surface area contributed by atoms with Crippen molar-refractivity contribution in [3.05, 3.63) is 10.3 Å². The third-order valence-electron chi connectivity index (χ3n) is 1.53. The molecule has 4 heteroatoms. The zero-order valence-corrected chi connectivity index (χ0v) is 9.25. The van der Waals surface area contributed by atoms with Gasteiger partial charge in [0, 0.05) is 0 Å². The predicted octanol–water partition coefficient (Wildman–Crippen LogP) is 4.38. The number of allylic oxidation sites excluding steroid dienone is 1. The Bertz CT molecular complexity index is 152. The number of rotatable bonds is 5. The van der Waals surface area contributed by atoms with Crippen molar-refractivity contribution in [3.8, 4) is 0 Å². The highest BCUT2D eigenvalue weighted by atomic mass is 35.5. The van der Waals surface area contributed by atoms with E-state index in [1.807, 2.05) is 0 Å². The molecule has 1 N–H and O–H groups in total. The second kappa shape index (κ2) is 6.88. The standard InChI is InChI=1S/C8H13Cl3O/c1-2-3-4-5-6(9)7(10)8(11)12/h6,12H,2-5H2,1H3/b8-7-. The molecule has 0 aromatic carbocycles. The molecule has 1 atom stereocenters. The molecular weight excluding hydrogens is 218 g/mol. The molecule has 0 heterocycles. The van der Waals surface area contributed by atoms with Gasteiger partial charge in [-0.3, -0.25) is 0 Å². The molecule has 0 aromatic rings. The lowest BCUT2D eigenvalue weighted by Crippen LogP contribution is -1.99. The second-order valence-corrected chi connectivity index (χ2v) is 3.89. The molecule has 0 aliphatic carbocycles. The van der Waals surface area contributed by atoms with Gasteiger partial charge < -0.3 is 5.11 Å². The zero-order valence-electron chi connectivity index (χ0n) is 6.99. The summed E-state index contributed by atoms with van der Waals surface area (Å²) in [5.74, 6) is 0.